The summed E-state index contributed by atoms with van der Waals surface area (Å²) in [6.07, 6.45) is -4.70. The molecule has 0 atom stereocenters. The van der Waals surface area contributed by atoms with Crippen molar-refractivity contribution < 1.29 is 13.2 Å². The number of nitrogen functional groups attached to an aromatic ring is 1. The fourth-order valence-corrected chi connectivity index (χ4v) is 2.24. The zero-order valence-corrected chi connectivity index (χ0v) is 13.1. The molecule has 0 saturated heterocycles. The SMILES string of the molecule is Nc1cc(Nc2ccc(Br)c(Cl)c2Cl)nc(C(F)(F)F)n1. The molecule has 0 unspecified atom stereocenters. The maximum Gasteiger partial charge on any atom is 0.451 e. The minimum absolute atomic E-state index is 0.136. The van der Waals surface area contributed by atoms with Crippen molar-refractivity contribution in [3.05, 3.63) is 38.5 Å². The van der Waals surface area contributed by atoms with Gasteiger partial charge in [0.25, 0.3) is 0 Å². The summed E-state index contributed by atoms with van der Waals surface area (Å²) >= 11 is 15.1. The summed E-state index contributed by atoms with van der Waals surface area (Å²) in [5, 5.41) is 2.98. The van der Waals surface area contributed by atoms with Gasteiger partial charge in [-0.2, -0.15) is 13.2 Å². The number of alkyl halides is 3. The largest absolute Gasteiger partial charge is 0.451 e. The molecular weight excluding hydrogens is 396 g/mol. The van der Waals surface area contributed by atoms with Crippen LogP contribution < -0.4 is 11.1 Å². The van der Waals surface area contributed by atoms with Gasteiger partial charge < -0.3 is 11.1 Å². The zero-order chi connectivity index (χ0) is 15.8. The molecule has 112 valence electrons. The molecule has 0 aliphatic heterocycles. The summed E-state index contributed by atoms with van der Waals surface area (Å²) in [5.74, 6) is -1.81. The lowest BCUT2D eigenvalue weighted by Gasteiger charge is -2.12. The highest BCUT2D eigenvalue weighted by Gasteiger charge is 2.35. The molecule has 1 heterocycles. The average Bonchev–Trinajstić information content (AvgIpc) is 2.38. The number of rotatable bonds is 2. The van der Waals surface area contributed by atoms with Crippen LogP contribution in [0.15, 0.2) is 22.7 Å². The van der Waals surface area contributed by atoms with Crippen LogP contribution in [0.2, 0.25) is 10.0 Å². The van der Waals surface area contributed by atoms with Crippen LogP contribution in [-0.4, -0.2) is 9.97 Å². The standard InChI is InChI=1S/C11H6BrCl2F3N4/c12-4-1-2-5(9(14)8(4)13)19-7-3-6(18)20-10(21-7)11(15,16)17/h1-3H,(H3,18,19,20,21). The Labute approximate surface area is 135 Å². The van der Waals surface area contributed by atoms with Crippen molar-refractivity contribution in [2.75, 3.05) is 11.1 Å². The highest BCUT2D eigenvalue weighted by Crippen LogP contribution is 2.37. The first kappa shape index (κ1) is 16.1. The number of nitrogens with one attached hydrogen (secondary N) is 1. The first-order chi connectivity index (χ1) is 9.68. The van der Waals surface area contributed by atoms with Gasteiger partial charge in [0.2, 0.25) is 5.82 Å². The van der Waals surface area contributed by atoms with Gasteiger partial charge in [0.05, 0.1) is 15.7 Å². The molecular formula is C11H6BrCl2F3N4. The molecule has 2 aromatic rings. The third kappa shape index (κ3) is 3.69. The van der Waals surface area contributed by atoms with Crippen LogP contribution in [0.25, 0.3) is 0 Å². The Balaban J connectivity index is 2.41. The Morgan fingerprint density at radius 1 is 1.14 bits per heavy atom. The van der Waals surface area contributed by atoms with Crippen molar-refractivity contribution in [2.45, 2.75) is 6.18 Å². The maximum atomic E-state index is 12.6. The lowest BCUT2D eigenvalue weighted by Crippen LogP contribution is -2.13. The van der Waals surface area contributed by atoms with Crippen molar-refractivity contribution in [3.8, 4) is 0 Å². The molecule has 0 radical (unpaired) electrons. The van der Waals surface area contributed by atoms with Gasteiger partial charge in [-0.25, -0.2) is 9.97 Å². The highest BCUT2D eigenvalue weighted by molar-refractivity contribution is 9.10. The molecule has 0 amide bonds. The molecule has 2 rings (SSSR count). The molecule has 0 saturated carbocycles. The highest BCUT2D eigenvalue weighted by atomic mass is 79.9. The second kappa shape index (κ2) is 5.86. The number of aromatic nitrogens is 2. The number of nitrogens with zero attached hydrogens (tertiary/aromatic N) is 2. The van der Waals surface area contributed by atoms with Gasteiger partial charge in [0, 0.05) is 10.5 Å². The van der Waals surface area contributed by atoms with E-state index in [1.165, 1.54) is 6.07 Å². The van der Waals surface area contributed by atoms with Crippen molar-refractivity contribution in [2.24, 2.45) is 0 Å². The van der Waals surface area contributed by atoms with E-state index in [-0.39, 0.29) is 27.4 Å². The Bertz CT molecular complexity index is 694. The van der Waals surface area contributed by atoms with E-state index in [1.807, 2.05) is 0 Å². The van der Waals surface area contributed by atoms with Crippen LogP contribution in [-0.2, 0) is 6.18 Å². The Kier molecular flexibility index (Phi) is 4.50. The normalized spacial score (nSPS) is 11.5. The minimum atomic E-state index is -4.70. The topological polar surface area (TPSA) is 63.8 Å². The monoisotopic (exact) mass is 400 g/mol. The molecule has 0 aliphatic rings. The molecule has 0 fully saturated rings. The van der Waals surface area contributed by atoms with E-state index < -0.39 is 12.0 Å². The second-order valence-electron chi connectivity index (χ2n) is 3.85. The molecule has 3 N–H and O–H groups in total. The summed E-state index contributed by atoms with van der Waals surface area (Å²) < 4.78 is 38.4. The predicted octanol–water partition coefficient (Wildman–Crippen LogP) is 4.89. The van der Waals surface area contributed by atoms with E-state index >= 15 is 0 Å². The van der Waals surface area contributed by atoms with Gasteiger partial charge in [0.15, 0.2) is 0 Å². The Morgan fingerprint density at radius 3 is 2.43 bits per heavy atom. The number of hydrogen-bond donors (Lipinski definition) is 2. The first-order valence-electron chi connectivity index (χ1n) is 5.31. The van der Waals surface area contributed by atoms with Crippen LogP contribution >= 0.6 is 39.1 Å². The molecule has 0 spiro atoms. The predicted molar refractivity (Wildman–Crippen MR) is 78.9 cm³/mol. The van der Waals surface area contributed by atoms with E-state index in [1.54, 1.807) is 6.07 Å². The van der Waals surface area contributed by atoms with Crippen LogP contribution in [0.4, 0.5) is 30.5 Å². The Morgan fingerprint density at radius 2 is 1.81 bits per heavy atom. The van der Waals surface area contributed by atoms with Gasteiger partial charge in [-0.3, -0.25) is 0 Å². The van der Waals surface area contributed by atoms with Crippen LogP contribution in [0, 0.1) is 0 Å². The first-order valence-corrected chi connectivity index (χ1v) is 6.85. The summed E-state index contributed by atoms with van der Waals surface area (Å²) in [4.78, 5) is 6.49. The third-order valence-corrected chi connectivity index (χ3v) is 4.07. The molecule has 21 heavy (non-hydrogen) atoms. The fourth-order valence-electron chi connectivity index (χ4n) is 1.42. The van der Waals surface area contributed by atoms with E-state index in [0.29, 0.717) is 4.47 Å². The van der Waals surface area contributed by atoms with Crippen LogP contribution in [0.1, 0.15) is 5.82 Å². The van der Waals surface area contributed by atoms with Gasteiger partial charge in [-0.15, -0.1) is 0 Å². The number of hydrogen-bond acceptors (Lipinski definition) is 4. The van der Waals surface area contributed by atoms with Gasteiger partial charge in [0.1, 0.15) is 11.6 Å². The minimum Gasteiger partial charge on any atom is -0.384 e. The third-order valence-electron chi connectivity index (χ3n) is 2.30. The summed E-state index contributed by atoms with van der Waals surface area (Å²) in [6.45, 7) is 0. The molecule has 0 aliphatic carbocycles. The van der Waals surface area contributed by atoms with Crippen molar-refractivity contribution in [1.82, 2.24) is 9.97 Å². The molecule has 1 aromatic heterocycles. The fraction of sp³-hybridized carbons (Fsp3) is 0.0909. The maximum absolute atomic E-state index is 12.6. The van der Waals surface area contributed by atoms with E-state index in [9.17, 15) is 13.2 Å². The smallest absolute Gasteiger partial charge is 0.384 e. The van der Waals surface area contributed by atoms with Crippen molar-refractivity contribution in [3.63, 3.8) is 0 Å². The second-order valence-corrected chi connectivity index (χ2v) is 5.46. The van der Waals surface area contributed by atoms with E-state index in [2.05, 4.69) is 31.2 Å². The van der Waals surface area contributed by atoms with Crippen molar-refractivity contribution >= 4 is 56.5 Å². The quantitative estimate of drug-likeness (QED) is 0.703. The molecule has 4 nitrogen and oxygen atoms in total. The van der Waals surface area contributed by atoms with Gasteiger partial charge in [-0.1, -0.05) is 23.2 Å². The summed E-state index contributed by atoms with van der Waals surface area (Å²) in [7, 11) is 0. The molecule has 0 bridgehead atoms. The van der Waals surface area contributed by atoms with Gasteiger partial charge >= 0.3 is 6.18 Å². The Hall–Kier alpha value is -1.25. The summed E-state index contributed by atoms with van der Waals surface area (Å²) in [5.41, 5.74) is 5.63. The van der Waals surface area contributed by atoms with E-state index in [0.717, 1.165) is 6.07 Å². The van der Waals surface area contributed by atoms with E-state index in [4.69, 9.17) is 28.9 Å². The number of halogens is 6. The number of nitrogens with two attached hydrogens (primary N) is 1. The van der Waals surface area contributed by atoms with Crippen LogP contribution in [0.3, 0.4) is 0 Å². The molecule has 1 aromatic carbocycles. The summed E-state index contributed by atoms with van der Waals surface area (Å²) in [6, 6.07) is 4.27. The van der Waals surface area contributed by atoms with Gasteiger partial charge in [-0.05, 0) is 28.1 Å². The number of benzene rings is 1. The van der Waals surface area contributed by atoms with Crippen LogP contribution in [0.5, 0.6) is 0 Å². The lowest BCUT2D eigenvalue weighted by atomic mass is 10.3. The van der Waals surface area contributed by atoms with Crippen molar-refractivity contribution in [1.29, 1.82) is 0 Å². The average molecular weight is 402 g/mol. The zero-order valence-electron chi connectivity index (χ0n) is 9.97. The lowest BCUT2D eigenvalue weighted by molar-refractivity contribution is -0.144. The molecule has 10 heteroatoms. The number of anilines is 3.